The summed E-state index contributed by atoms with van der Waals surface area (Å²) in [6.45, 7) is 4.20. The fourth-order valence-electron chi connectivity index (χ4n) is 2.09. The smallest absolute Gasteiger partial charge is 0.135 e. The van der Waals surface area contributed by atoms with Crippen LogP contribution in [0.25, 0.3) is 21.9 Å². The van der Waals surface area contributed by atoms with E-state index < -0.39 is 0 Å². The van der Waals surface area contributed by atoms with Gasteiger partial charge in [0.05, 0.1) is 6.10 Å². The van der Waals surface area contributed by atoms with Gasteiger partial charge in [-0.2, -0.15) is 0 Å². The molecule has 0 aliphatic heterocycles. The van der Waals surface area contributed by atoms with Crippen LogP contribution in [-0.4, -0.2) is 6.10 Å². The van der Waals surface area contributed by atoms with Gasteiger partial charge in [-0.1, -0.05) is 25.1 Å². The zero-order valence-electron chi connectivity index (χ0n) is 10.6. The first-order valence-corrected chi connectivity index (χ1v) is 6.36. The van der Waals surface area contributed by atoms with E-state index in [0.717, 1.165) is 34.1 Å². The highest BCUT2D eigenvalue weighted by Gasteiger charge is 2.08. The molecule has 2 nitrogen and oxygen atoms in total. The van der Waals surface area contributed by atoms with E-state index in [4.69, 9.17) is 9.15 Å². The molecule has 0 amide bonds. The maximum atomic E-state index is 5.85. The van der Waals surface area contributed by atoms with Crippen molar-refractivity contribution in [3.05, 3.63) is 42.5 Å². The summed E-state index contributed by atoms with van der Waals surface area (Å²) in [7, 11) is 0. The molecule has 18 heavy (non-hydrogen) atoms. The Morgan fingerprint density at radius 3 is 2.67 bits per heavy atom. The van der Waals surface area contributed by atoms with Crippen molar-refractivity contribution in [2.75, 3.05) is 0 Å². The van der Waals surface area contributed by atoms with Gasteiger partial charge in [0.1, 0.15) is 16.9 Å². The number of rotatable bonds is 3. The van der Waals surface area contributed by atoms with Gasteiger partial charge in [-0.15, -0.1) is 0 Å². The van der Waals surface area contributed by atoms with Gasteiger partial charge in [-0.25, -0.2) is 0 Å². The lowest BCUT2D eigenvalue weighted by atomic mass is 10.1. The van der Waals surface area contributed by atoms with Crippen LogP contribution < -0.4 is 4.74 Å². The van der Waals surface area contributed by atoms with Crippen LogP contribution in [0.15, 0.2) is 46.9 Å². The van der Waals surface area contributed by atoms with Crippen molar-refractivity contribution in [2.24, 2.45) is 0 Å². The minimum atomic E-state index is 0.237. The van der Waals surface area contributed by atoms with Gasteiger partial charge in [0, 0.05) is 10.8 Å². The molecule has 1 heterocycles. The fourth-order valence-corrected chi connectivity index (χ4v) is 2.09. The molecular formula is C16H16O2. The maximum Gasteiger partial charge on any atom is 0.135 e. The first-order valence-electron chi connectivity index (χ1n) is 6.36. The highest BCUT2D eigenvalue weighted by Crippen LogP contribution is 2.31. The van der Waals surface area contributed by atoms with Crippen LogP contribution in [-0.2, 0) is 0 Å². The van der Waals surface area contributed by atoms with Gasteiger partial charge < -0.3 is 9.15 Å². The van der Waals surface area contributed by atoms with Crippen LogP contribution in [0.2, 0.25) is 0 Å². The molecule has 3 aromatic rings. The number of hydrogen-bond acceptors (Lipinski definition) is 2. The summed E-state index contributed by atoms with van der Waals surface area (Å²) >= 11 is 0. The lowest BCUT2D eigenvalue weighted by molar-refractivity contribution is 0.217. The summed E-state index contributed by atoms with van der Waals surface area (Å²) in [5.41, 5.74) is 1.83. The topological polar surface area (TPSA) is 22.4 Å². The van der Waals surface area contributed by atoms with Crippen LogP contribution in [0.5, 0.6) is 5.75 Å². The molecule has 92 valence electrons. The highest BCUT2D eigenvalue weighted by molar-refractivity contribution is 6.05. The molecule has 0 fully saturated rings. The van der Waals surface area contributed by atoms with Crippen LogP contribution in [0.4, 0.5) is 0 Å². The van der Waals surface area contributed by atoms with E-state index in [1.54, 1.807) is 0 Å². The minimum absolute atomic E-state index is 0.237. The van der Waals surface area contributed by atoms with Gasteiger partial charge in [0.15, 0.2) is 0 Å². The third-order valence-corrected chi connectivity index (χ3v) is 3.26. The third-order valence-electron chi connectivity index (χ3n) is 3.26. The average Bonchev–Trinajstić information content (AvgIpc) is 2.77. The Morgan fingerprint density at radius 1 is 1.06 bits per heavy atom. The molecule has 0 spiro atoms. The largest absolute Gasteiger partial charge is 0.491 e. The van der Waals surface area contributed by atoms with Gasteiger partial charge in [-0.3, -0.25) is 0 Å². The molecule has 0 radical (unpaired) electrons. The van der Waals surface area contributed by atoms with Crippen LogP contribution in [0.3, 0.4) is 0 Å². The van der Waals surface area contributed by atoms with Crippen molar-refractivity contribution < 1.29 is 9.15 Å². The molecule has 0 saturated carbocycles. The Kier molecular flexibility index (Phi) is 2.71. The molecule has 1 aromatic heterocycles. The Hall–Kier alpha value is -1.96. The number of furan rings is 1. The van der Waals surface area contributed by atoms with Crippen molar-refractivity contribution in [1.29, 1.82) is 0 Å². The summed E-state index contributed by atoms with van der Waals surface area (Å²) in [6, 6.07) is 14.1. The van der Waals surface area contributed by atoms with Crippen LogP contribution >= 0.6 is 0 Å². The summed E-state index contributed by atoms with van der Waals surface area (Å²) in [6.07, 6.45) is 1.24. The molecule has 0 aliphatic carbocycles. The first-order chi connectivity index (χ1) is 8.78. The number of ether oxygens (including phenoxy) is 1. The summed E-state index contributed by atoms with van der Waals surface area (Å²) < 4.78 is 11.6. The Bertz CT molecular complexity index is 682. The first kappa shape index (κ1) is 11.1. The predicted octanol–water partition coefficient (Wildman–Crippen LogP) is 4.76. The van der Waals surface area contributed by atoms with E-state index >= 15 is 0 Å². The Labute approximate surface area is 106 Å². The van der Waals surface area contributed by atoms with E-state index in [9.17, 15) is 0 Å². The van der Waals surface area contributed by atoms with E-state index in [2.05, 4.69) is 26.0 Å². The number of hydrogen-bond donors (Lipinski definition) is 0. The summed E-state index contributed by atoms with van der Waals surface area (Å²) in [4.78, 5) is 0. The molecule has 0 saturated heterocycles. The zero-order valence-corrected chi connectivity index (χ0v) is 10.6. The van der Waals surface area contributed by atoms with Gasteiger partial charge >= 0.3 is 0 Å². The summed E-state index contributed by atoms with van der Waals surface area (Å²) in [5, 5.41) is 2.26. The Morgan fingerprint density at radius 2 is 1.83 bits per heavy atom. The normalized spacial score (nSPS) is 13.0. The molecule has 3 rings (SSSR count). The number of para-hydroxylation sites is 1. The van der Waals surface area contributed by atoms with Crippen molar-refractivity contribution in [3.8, 4) is 5.75 Å². The second kappa shape index (κ2) is 4.37. The van der Waals surface area contributed by atoms with Crippen LogP contribution in [0.1, 0.15) is 20.3 Å². The molecule has 2 aromatic carbocycles. The zero-order chi connectivity index (χ0) is 12.5. The molecule has 1 unspecified atom stereocenters. The second-order valence-electron chi connectivity index (χ2n) is 4.59. The van der Waals surface area contributed by atoms with E-state index in [1.807, 2.05) is 30.3 Å². The quantitative estimate of drug-likeness (QED) is 0.658. The maximum absolute atomic E-state index is 5.85. The van der Waals surface area contributed by atoms with Crippen LogP contribution in [0, 0.1) is 0 Å². The molecule has 0 bridgehead atoms. The predicted molar refractivity (Wildman–Crippen MR) is 74.1 cm³/mol. The standard InChI is InChI=1S/C16H16O2/c1-3-11(2)17-12-8-9-16-14(10-12)13-6-4-5-7-15(13)18-16/h4-11H,3H2,1-2H3. The lowest BCUT2D eigenvalue weighted by Crippen LogP contribution is -2.09. The van der Waals surface area contributed by atoms with Gasteiger partial charge in [0.25, 0.3) is 0 Å². The number of fused-ring (bicyclic) bond motifs is 3. The molecule has 0 N–H and O–H groups in total. The van der Waals surface area contributed by atoms with Gasteiger partial charge in [-0.05, 0) is 37.6 Å². The van der Waals surface area contributed by atoms with Crippen molar-refractivity contribution in [3.63, 3.8) is 0 Å². The third kappa shape index (κ3) is 1.84. The van der Waals surface area contributed by atoms with Crippen molar-refractivity contribution in [1.82, 2.24) is 0 Å². The van der Waals surface area contributed by atoms with Crippen molar-refractivity contribution in [2.45, 2.75) is 26.4 Å². The monoisotopic (exact) mass is 240 g/mol. The SMILES string of the molecule is CCC(C)Oc1ccc2oc3ccccc3c2c1. The summed E-state index contributed by atoms with van der Waals surface area (Å²) in [5.74, 6) is 0.906. The lowest BCUT2D eigenvalue weighted by Gasteiger charge is -2.12. The Balaban J connectivity index is 2.12. The molecule has 1 atom stereocenters. The molecule has 0 aliphatic rings. The number of benzene rings is 2. The van der Waals surface area contributed by atoms with E-state index in [-0.39, 0.29) is 6.10 Å². The average molecular weight is 240 g/mol. The minimum Gasteiger partial charge on any atom is -0.491 e. The van der Waals surface area contributed by atoms with E-state index in [0.29, 0.717) is 0 Å². The molecular weight excluding hydrogens is 224 g/mol. The molecule has 2 heteroatoms. The second-order valence-corrected chi connectivity index (χ2v) is 4.59. The fraction of sp³-hybridized carbons (Fsp3) is 0.250. The van der Waals surface area contributed by atoms with E-state index in [1.165, 1.54) is 0 Å². The van der Waals surface area contributed by atoms with Gasteiger partial charge in [0.2, 0.25) is 0 Å². The highest BCUT2D eigenvalue weighted by atomic mass is 16.5. The van der Waals surface area contributed by atoms with Crippen molar-refractivity contribution >= 4 is 21.9 Å².